The Morgan fingerprint density at radius 3 is 2.54 bits per heavy atom. The topological polar surface area (TPSA) is 58.6 Å². The van der Waals surface area contributed by atoms with Crippen molar-refractivity contribution in [2.45, 2.75) is 6.54 Å². The summed E-state index contributed by atoms with van der Waals surface area (Å²) in [7, 11) is 3.90. The Labute approximate surface area is 152 Å². The molecule has 0 aliphatic carbocycles. The number of carbonyl (C=O) groups excluding carboxylic acids is 2. The zero-order valence-corrected chi connectivity index (χ0v) is 14.7. The number of anilines is 1. The zero-order valence-electron chi connectivity index (χ0n) is 14.7. The van der Waals surface area contributed by atoms with Crippen LogP contribution in [-0.2, 0) is 20.9 Å². The Morgan fingerprint density at radius 2 is 1.88 bits per heavy atom. The van der Waals surface area contributed by atoms with Crippen LogP contribution in [0, 0.1) is 5.82 Å². The summed E-state index contributed by atoms with van der Waals surface area (Å²) in [5, 5.41) is 2.68. The quantitative estimate of drug-likeness (QED) is 0.612. The molecule has 0 saturated heterocycles. The first-order chi connectivity index (χ1) is 12.4. The van der Waals surface area contributed by atoms with Crippen LogP contribution in [0.4, 0.5) is 10.1 Å². The number of nitrogens with one attached hydrogen (secondary N) is 1. The van der Waals surface area contributed by atoms with Crippen LogP contribution < -0.4 is 10.2 Å². The van der Waals surface area contributed by atoms with Crippen LogP contribution in [0.25, 0.3) is 6.08 Å². The van der Waals surface area contributed by atoms with Gasteiger partial charge in [0.1, 0.15) is 5.82 Å². The highest BCUT2D eigenvalue weighted by molar-refractivity contribution is 5.89. The summed E-state index contributed by atoms with van der Waals surface area (Å²) in [6, 6.07) is 13.6. The molecule has 1 N–H and O–H groups in total. The van der Waals surface area contributed by atoms with E-state index in [4.69, 9.17) is 4.74 Å². The number of carbonyl (C=O) groups is 2. The molecule has 0 unspecified atom stereocenters. The SMILES string of the molecule is CN(C)c1ccc(CNC(=O)COC(=O)/C=C/c2cccc(F)c2)cc1. The number of hydrogen-bond acceptors (Lipinski definition) is 4. The van der Waals surface area contributed by atoms with Gasteiger partial charge in [0.15, 0.2) is 6.61 Å². The van der Waals surface area contributed by atoms with Gasteiger partial charge < -0.3 is 15.0 Å². The minimum Gasteiger partial charge on any atom is -0.452 e. The van der Waals surface area contributed by atoms with Crippen molar-refractivity contribution >= 4 is 23.6 Å². The fraction of sp³-hybridized carbons (Fsp3) is 0.200. The van der Waals surface area contributed by atoms with E-state index in [1.165, 1.54) is 18.2 Å². The van der Waals surface area contributed by atoms with Crippen LogP contribution in [0.2, 0.25) is 0 Å². The maximum absolute atomic E-state index is 13.0. The molecule has 0 aliphatic heterocycles. The smallest absolute Gasteiger partial charge is 0.331 e. The summed E-state index contributed by atoms with van der Waals surface area (Å²) in [5.41, 5.74) is 2.55. The number of amides is 1. The van der Waals surface area contributed by atoms with E-state index in [1.54, 1.807) is 12.1 Å². The molecule has 6 heteroatoms. The number of halogens is 1. The first-order valence-corrected chi connectivity index (χ1v) is 8.07. The first-order valence-electron chi connectivity index (χ1n) is 8.07. The van der Waals surface area contributed by atoms with E-state index in [9.17, 15) is 14.0 Å². The van der Waals surface area contributed by atoms with Crippen molar-refractivity contribution in [3.63, 3.8) is 0 Å². The van der Waals surface area contributed by atoms with Gasteiger partial charge in [-0.15, -0.1) is 0 Å². The van der Waals surface area contributed by atoms with Gasteiger partial charge in [0.25, 0.3) is 5.91 Å². The third-order valence-corrected chi connectivity index (χ3v) is 3.55. The second-order valence-electron chi connectivity index (χ2n) is 5.83. The van der Waals surface area contributed by atoms with Crippen LogP contribution in [0.5, 0.6) is 0 Å². The summed E-state index contributed by atoms with van der Waals surface area (Å²) in [4.78, 5) is 25.3. The molecular weight excluding hydrogens is 335 g/mol. The lowest BCUT2D eigenvalue weighted by Gasteiger charge is -2.12. The highest BCUT2D eigenvalue weighted by Gasteiger charge is 2.05. The fourth-order valence-electron chi connectivity index (χ4n) is 2.12. The Balaban J connectivity index is 1.73. The van der Waals surface area contributed by atoms with E-state index in [1.807, 2.05) is 43.3 Å². The largest absolute Gasteiger partial charge is 0.452 e. The van der Waals surface area contributed by atoms with E-state index in [2.05, 4.69) is 5.32 Å². The van der Waals surface area contributed by atoms with Crippen LogP contribution in [0.15, 0.2) is 54.6 Å². The summed E-state index contributed by atoms with van der Waals surface area (Å²) in [6.45, 7) is -0.0225. The van der Waals surface area contributed by atoms with Crippen molar-refractivity contribution in [3.05, 3.63) is 71.6 Å². The fourth-order valence-corrected chi connectivity index (χ4v) is 2.12. The third-order valence-electron chi connectivity index (χ3n) is 3.55. The van der Waals surface area contributed by atoms with Crippen molar-refractivity contribution in [1.82, 2.24) is 5.32 Å². The molecule has 26 heavy (non-hydrogen) atoms. The normalized spacial score (nSPS) is 10.6. The second-order valence-corrected chi connectivity index (χ2v) is 5.83. The molecule has 0 bridgehead atoms. The average molecular weight is 356 g/mol. The molecule has 0 spiro atoms. The molecule has 0 atom stereocenters. The predicted molar refractivity (Wildman–Crippen MR) is 99.0 cm³/mol. The van der Waals surface area contributed by atoms with Crippen LogP contribution in [0.3, 0.4) is 0 Å². The van der Waals surface area contributed by atoms with Crippen molar-refractivity contribution in [1.29, 1.82) is 0 Å². The standard InChI is InChI=1S/C20H21FN2O3/c1-23(2)18-9-6-16(7-10-18)13-22-19(24)14-26-20(25)11-8-15-4-3-5-17(21)12-15/h3-12H,13-14H2,1-2H3,(H,22,24)/b11-8+. The zero-order chi connectivity index (χ0) is 18.9. The summed E-state index contributed by atoms with van der Waals surface area (Å²) >= 11 is 0. The van der Waals surface area contributed by atoms with Gasteiger partial charge in [-0.25, -0.2) is 9.18 Å². The van der Waals surface area contributed by atoms with E-state index in [0.29, 0.717) is 12.1 Å². The molecule has 2 rings (SSSR count). The molecule has 0 aliphatic rings. The Morgan fingerprint density at radius 1 is 1.15 bits per heavy atom. The van der Waals surface area contributed by atoms with E-state index < -0.39 is 17.7 Å². The number of rotatable bonds is 7. The molecule has 0 aromatic heterocycles. The molecule has 5 nitrogen and oxygen atoms in total. The maximum Gasteiger partial charge on any atom is 0.331 e. The highest BCUT2D eigenvalue weighted by atomic mass is 19.1. The summed E-state index contributed by atoms with van der Waals surface area (Å²) < 4.78 is 17.9. The second kappa shape index (κ2) is 9.36. The summed E-state index contributed by atoms with van der Waals surface area (Å²) in [6.07, 6.45) is 2.58. The monoisotopic (exact) mass is 356 g/mol. The lowest BCUT2D eigenvalue weighted by molar-refractivity contribution is -0.143. The minimum absolute atomic E-state index is 0.350. The molecule has 2 aromatic rings. The van der Waals surface area contributed by atoms with Crippen LogP contribution in [-0.4, -0.2) is 32.6 Å². The maximum atomic E-state index is 13.0. The number of ether oxygens (including phenoxy) is 1. The van der Waals surface area contributed by atoms with E-state index in [-0.39, 0.29) is 6.61 Å². The Kier molecular flexibility index (Phi) is 6.91. The highest BCUT2D eigenvalue weighted by Crippen LogP contribution is 2.12. The van der Waals surface area contributed by atoms with E-state index in [0.717, 1.165) is 17.3 Å². The van der Waals surface area contributed by atoms with E-state index >= 15 is 0 Å². The number of nitrogens with zero attached hydrogens (tertiary/aromatic N) is 1. The molecular formula is C20H21FN2O3. The molecule has 136 valence electrons. The molecule has 0 saturated carbocycles. The lowest BCUT2D eigenvalue weighted by Crippen LogP contribution is -2.28. The van der Waals surface area contributed by atoms with Gasteiger partial charge in [-0.1, -0.05) is 24.3 Å². The van der Waals surface area contributed by atoms with Crippen LogP contribution >= 0.6 is 0 Å². The van der Waals surface area contributed by atoms with Crippen molar-refractivity contribution in [3.8, 4) is 0 Å². The van der Waals surface area contributed by atoms with Gasteiger partial charge in [-0.3, -0.25) is 4.79 Å². The number of esters is 1. The minimum atomic E-state index is -0.667. The summed E-state index contributed by atoms with van der Waals surface area (Å²) in [5.74, 6) is -1.45. The van der Waals surface area contributed by atoms with Gasteiger partial charge in [-0.05, 0) is 41.5 Å². The van der Waals surface area contributed by atoms with Crippen molar-refractivity contribution < 1.29 is 18.7 Å². The first kappa shape index (κ1) is 19.2. The molecule has 2 aromatic carbocycles. The van der Waals surface area contributed by atoms with Gasteiger partial charge in [0, 0.05) is 32.4 Å². The molecule has 1 amide bonds. The van der Waals surface area contributed by atoms with Gasteiger partial charge in [0.2, 0.25) is 0 Å². The predicted octanol–water partition coefficient (Wildman–Crippen LogP) is 2.76. The Hall–Kier alpha value is -3.15. The average Bonchev–Trinajstić information content (AvgIpc) is 2.63. The third kappa shape index (κ3) is 6.39. The molecule has 0 radical (unpaired) electrons. The lowest BCUT2D eigenvalue weighted by atomic mass is 10.2. The molecule has 0 fully saturated rings. The van der Waals surface area contributed by atoms with Crippen molar-refractivity contribution in [2.75, 3.05) is 25.6 Å². The Bertz CT molecular complexity index is 786. The van der Waals surface area contributed by atoms with Crippen LogP contribution in [0.1, 0.15) is 11.1 Å². The van der Waals surface area contributed by atoms with Gasteiger partial charge in [0.05, 0.1) is 0 Å². The number of benzene rings is 2. The van der Waals surface area contributed by atoms with Gasteiger partial charge in [-0.2, -0.15) is 0 Å². The molecule has 0 heterocycles. The van der Waals surface area contributed by atoms with Gasteiger partial charge >= 0.3 is 5.97 Å². The number of hydrogen-bond donors (Lipinski definition) is 1. The van der Waals surface area contributed by atoms with Crippen molar-refractivity contribution in [2.24, 2.45) is 0 Å².